The Balaban J connectivity index is 3.27. The second-order valence-corrected chi connectivity index (χ2v) is 2.46. The highest BCUT2D eigenvalue weighted by atomic mass is 35.5. The van der Waals surface area contributed by atoms with E-state index in [1.165, 1.54) is 6.07 Å². The molecule has 0 saturated carbocycles. The number of halogens is 1. The van der Waals surface area contributed by atoms with Crippen LogP contribution in [0.1, 0.15) is 5.56 Å². The van der Waals surface area contributed by atoms with Crippen molar-refractivity contribution in [2.24, 2.45) is 0 Å². The van der Waals surface area contributed by atoms with E-state index >= 15 is 0 Å². The molecule has 0 aromatic heterocycles. The molecule has 0 bridgehead atoms. The average Bonchev–Trinajstić information content (AvgIpc) is 1.94. The third-order valence-corrected chi connectivity index (χ3v) is 1.76. The van der Waals surface area contributed by atoms with Crippen molar-refractivity contribution < 1.29 is 4.92 Å². The largest absolute Gasteiger partial charge is 0.281 e. The highest BCUT2D eigenvalue weighted by Crippen LogP contribution is 2.23. The van der Waals surface area contributed by atoms with E-state index in [0.29, 0.717) is 10.6 Å². The van der Waals surface area contributed by atoms with Crippen LogP contribution in [-0.4, -0.2) is 4.92 Å². The van der Waals surface area contributed by atoms with Gasteiger partial charge in [-0.1, -0.05) is 11.6 Å². The van der Waals surface area contributed by atoms with E-state index in [1.54, 1.807) is 13.0 Å². The van der Waals surface area contributed by atoms with E-state index < -0.39 is 4.92 Å². The Kier molecular flexibility index (Phi) is 2.10. The van der Waals surface area contributed by atoms with Crippen molar-refractivity contribution in [3.8, 4) is 0 Å². The standard InChI is InChI=1S/C7H5ClNO2/c1-5-6(8)3-2-4-7(5)9(10)11/h2-3H,1H3. The van der Waals surface area contributed by atoms with Gasteiger partial charge < -0.3 is 0 Å². The molecule has 1 rings (SSSR count). The lowest BCUT2D eigenvalue weighted by molar-refractivity contribution is -0.385. The summed E-state index contributed by atoms with van der Waals surface area (Å²) in [5.41, 5.74) is 0.400. The Bertz CT molecular complexity index is 298. The molecule has 0 saturated heterocycles. The van der Waals surface area contributed by atoms with Gasteiger partial charge in [0.1, 0.15) is 0 Å². The molecule has 0 amide bonds. The number of nitrogens with zero attached hydrogens (tertiary/aromatic N) is 1. The van der Waals surface area contributed by atoms with Crippen molar-refractivity contribution in [3.05, 3.63) is 38.9 Å². The van der Waals surface area contributed by atoms with Crippen molar-refractivity contribution in [3.63, 3.8) is 0 Å². The predicted molar refractivity (Wildman–Crippen MR) is 41.7 cm³/mol. The zero-order valence-corrected chi connectivity index (χ0v) is 6.55. The summed E-state index contributed by atoms with van der Waals surface area (Å²) >= 11 is 5.63. The van der Waals surface area contributed by atoms with Gasteiger partial charge in [0.15, 0.2) is 0 Å². The summed E-state index contributed by atoms with van der Waals surface area (Å²) in [6.45, 7) is 1.59. The Morgan fingerprint density at radius 3 is 2.82 bits per heavy atom. The Morgan fingerprint density at radius 1 is 1.73 bits per heavy atom. The lowest BCUT2D eigenvalue weighted by Gasteiger charge is -1.96. The quantitative estimate of drug-likeness (QED) is 0.480. The first kappa shape index (κ1) is 8.01. The van der Waals surface area contributed by atoms with Crippen LogP contribution in [0.4, 0.5) is 5.69 Å². The smallest absolute Gasteiger partial charge is 0.258 e. The zero-order valence-electron chi connectivity index (χ0n) is 5.80. The van der Waals surface area contributed by atoms with Crippen molar-refractivity contribution in [2.75, 3.05) is 0 Å². The number of rotatable bonds is 1. The average molecular weight is 171 g/mol. The Labute approximate surface area is 68.8 Å². The van der Waals surface area contributed by atoms with Gasteiger partial charge in [0.2, 0.25) is 0 Å². The van der Waals surface area contributed by atoms with Crippen LogP contribution >= 0.6 is 11.6 Å². The number of hydrogen-bond donors (Lipinski definition) is 0. The summed E-state index contributed by atoms with van der Waals surface area (Å²) in [5, 5.41) is 10.7. The molecule has 0 heterocycles. The molecular formula is C7H5ClNO2. The molecule has 0 aliphatic heterocycles. The SMILES string of the molecule is Cc1c([N+](=O)[O-])[c]ccc1Cl. The fraction of sp³-hybridized carbons (Fsp3) is 0.143. The molecule has 0 spiro atoms. The molecule has 1 aromatic carbocycles. The van der Waals surface area contributed by atoms with Crippen molar-refractivity contribution in [1.82, 2.24) is 0 Å². The fourth-order valence-electron chi connectivity index (χ4n) is 0.730. The van der Waals surface area contributed by atoms with Gasteiger partial charge in [-0.3, -0.25) is 10.1 Å². The predicted octanol–water partition coefficient (Wildman–Crippen LogP) is 2.36. The van der Waals surface area contributed by atoms with Crippen LogP contribution in [0.25, 0.3) is 0 Å². The van der Waals surface area contributed by atoms with Crippen molar-refractivity contribution in [1.29, 1.82) is 0 Å². The summed E-state index contributed by atoms with van der Waals surface area (Å²) in [4.78, 5) is 9.79. The normalized spacial score (nSPS) is 9.64. The van der Waals surface area contributed by atoms with E-state index in [1.807, 2.05) is 0 Å². The Hall–Kier alpha value is -1.09. The maximum atomic E-state index is 10.3. The van der Waals surface area contributed by atoms with E-state index in [4.69, 9.17) is 11.6 Å². The van der Waals surface area contributed by atoms with Crippen LogP contribution in [0.3, 0.4) is 0 Å². The first-order valence-electron chi connectivity index (χ1n) is 2.94. The second kappa shape index (κ2) is 2.88. The van der Waals surface area contributed by atoms with Gasteiger partial charge in [-0.2, -0.15) is 0 Å². The van der Waals surface area contributed by atoms with Gasteiger partial charge in [0, 0.05) is 5.56 Å². The summed E-state index contributed by atoms with van der Waals surface area (Å²) in [6.07, 6.45) is 0. The fourth-order valence-corrected chi connectivity index (χ4v) is 0.882. The van der Waals surface area contributed by atoms with Crippen LogP contribution in [-0.2, 0) is 0 Å². The van der Waals surface area contributed by atoms with E-state index in [-0.39, 0.29) is 5.69 Å². The van der Waals surface area contributed by atoms with Gasteiger partial charge in [0.25, 0.3) is 5.69 Å². The molecule has 1 aromatic rings. The number of nitro benzene ring substituents is 1. The van der Waals surface area contributed by atoms with Crippen LogP contribution in [0.2, 0.25) is 5.02 Å². The molecule has 0 aliphatic carbocycles. The van der Waals surface area contributed by atoms with E-state index in [2.05, 4.69) is 6.07 Å². The summed E-state index contributed by atoms with van der Waals surface area (Å²) in [5.74, 6) is 0. The molecule has 0 atom stereocenters. The monoisotopic (exact) mass is 170 g/mol. The van der Waals surface area contributed by atoms with E-state index in [9.17, 15) is 10.1 Å². The first-order valence-corrected chi connectivity index (χ1v) is 3.32. The minimum Gasteiger partial charge on any atom is -0.258 e. The minimum absolute atomic E-state index is 0.0579. The number of hydrogen-bond acceptors (Lipinski definition) is 2. The topological polar surface area (TPSA) is 43.1 Å². The van der Waals surface area contributed by atoms with Crippen LogP contribution in [0.5, 0.6) is 0 Å². The maximum absolute atomic E-state index is 10.3. The summed E-state index contributed by atoms with van der Waals surface area (Å²) in [6, 6.07) is 5.50. The van der Waals surface area contributed by atoms with Gasteiger partial charge in [0.05, 0.1) is 16.0 Å². The molecule has 0 unspecified atom stereocenters. The summed E-state index contributed by atoms with van der Waals surface area (Å²) in [7, 11) is 0. The van der Waals surface area contributed by atoms with Gasteiger partial charge in [-0.25, -0.2) is 0 Å². The molecule has 4 heteroatoms. The third-order valence-electron chi connectivity index (χ3n) is 1.35. The van der Waals surface area contributed by atoms with Crippen LogP contribution in [0, 0.1) is 23.1 Å². The van der Waals surface area contributed by atoms with Gasteiger partial charge >= 0.3 is 0 Å². The Morgan fingerprint density at radius 2 is 2.36 bits per heavy atom. The molecular weight excluding hydrogens is 166 g/mol. The van der Waals surface area contributed by atoms with E-state index in [0.717, 1.165) is 0 Å². The lowest BCUT2D eigenvalue weighted by Crippen LogP contribution is -1.91. The van der Waals surface area contributed by atoms with Crippen molar-refractivity contribution in [2.45, 2.75) is 6.92 Å². The lowest BCUT2D eigenvalue weighted by atomic mass is 10.2. The molecule has 3 nitrogen and oxygen atoms in total. The highest BCUT2D eigenvalue weighted by molar-refractivity contribution is 6.31. The molecule has 11 heavy (non-hydrogen) atoms. The molecule has 57 valence electrons. The maximum Gasteiger partial charge on any atom is 0.281 e. The number of benzene rings is 1. The molecule has 0 N–H and O–H groups in total. The number of nitro groups is 1. The summed E-state index contributed by atoms with van der Waals surface area (Å²) < 4.78 is 0. The minimum atomic E-state index is -0.499. The first-order chi connectivity index (χ1) is 5.13. The molecule has 0 fully saturated rings. The second-order valence-electron chi connectivity index (χ2n) is 2.06. The molecule has 1 radical (unpaired) electrons. The van der Waals surface area contributed by atoms with Gasteiger partial charge in [-0.05, 0) is 19.1 Å². The van der Waals surface area contributed by atoms with Gasteiger partial charge in [-0.15, -0.1) is 0 Å². The van der Waals surface area contributed by atoms with Crippen LogP contribution in [0.15, 0.2) is 12.1 Å². The van der Waals surface area contributed by atoms with Crippen LogP contribution < -0.4 is 0 Å². The third kappa shape index (κ3) is 1.49. The van der Waals surface area contributed by atoms with Crippen molar-refractivity contribution >= 4 is 17.3 Å². The highest BCUT2D eigenvalue weighted by Gasteiger charge is 2.11. The molecule has 0 aliphatic rings. The zero-order chi connectivity index (χ0) is 8.43.